The maximum atomic E-state index is 13.7. The van der Waals surface area contributed by atoms with Gasteiger partial charge in [0, 0.05) is 32.8 Å². The summed E-state index contributed by atoms with van der Waals surface area (Å²) in [5, 5.41) is 11.6. The first-order valence-electron chi connectivity index (χ1n) is 13.2. The number of nitro benzene ring substituents is 1. The Bertz CT molecular complexity index is 1320. The number of ether oxygens (including phenoxy) is 2. The van der Waals surface area contributed by atoms with Crippen LogP contribution in [-0.2, 0) is 43.6 Å². The third-order valence-electron chi connectivity index (χ3n) is 7.18. The Hall–Kier alpha value is -2.86. The number of rotatable bonds is 9. The molecule has 0 unspecified atom stereocenters. The highest BCUT2D eigenvalue weighted by molar-refractivity contribution is 7.89. The Morgan fingerprint density at radius 1 is 1.13 bits per heavy atom. The Morgan fingerprint density at radius 3 is 2.54 bits per heavy atom. The Balaban J connectivity index is 1.62. The lowest BCUT2D eigenvalue weighted by Gasteiger charge is -2.43. The molecule has 2 atom stereocenters. The topological polar surface area (TPSA) is 119 Å². The molecule has 2 aromatic carbocycles. The summed E-state index contributed by atoms with van der Waals surface area (Å²) in [6.07, 6.45) is 3.65. The number of nitro groups is 1. The minimum atomic E-state index is -4.20. The molecule has 0 bridgehead atoms. The minimum absolute atomic E-state index is 0.0475. The van der Waals surface area contributed by atoms with Crippen LogP contribution in [-0.4, -0.2) is 79.6 Å². The number of carbonyl (C=O) groups is 1. The van der Waals surface area contributed by atoms with Gasteiger partial charge in [0.15, 0.2) is 4.90 Å². The Labute approximate surface area is 230 Å². The number of hydrogen-bond donors (Lipinski definition) is 0. The van der Waals surface area contributed by atoms with E-state index in [2.05, 4.69) is 18.2 Å². The lowest BCUT2D eigenvalue weighted by molar-refractivity contribution is -0.387. The van der Waals surface area contributed by atoms with Gasteiger partial charge in [-0.15, -0.1) is 0 Å². The van der Waals surface area contributed by atoms with Crippen LogP contribution in [0.4, 0.5) is 5.69 Å². The summed E-state index contributed by atoms with van der Waals surface area (Å²) < 4.78 is 39.7. The third kappa shape index (κ3) is 6.66. The molecule has 0 N–H and O–H groups in total. The van der Waals surface area contributed by atoms with Crippen LogP contribution >= 0.6 is 0 Å². The van der Waals surface area contributed by atoms with Gasteiger partial charge in [0.25, 0.3) is 5.69 Å². The number of carbonyl (C=O) groups excluding carboxylic acids is 1. The average Bonchev–Trinajstić information content (AvgIpc) is 3.34. The highest BCUT2D eigenvalue weighted by Crippen LogP contribution is 2.30. The smallest absolute Gasteiger partial charge is 0.324 e. The zero-order valence-corrected chi connectivity index (χ0v) is 23.8. The molecule has 1 heterocycles. The molecule has 0 saturated carbocycles. The van der Waals surface area contributed by atoms with Crippen molar-refractivity contribution in [1.82, 2.24) is 9.21 Å². The van der Waals surface area contributed by atoms with Crippen LogP contribution in [0.2, 0.25) is 0 Å². The van der Waals surface area contributed by atoms with Crippen LogP contribution < -0.4 is 0 Å². The number of fused-ring (bicyclic) bond motifs is 1. The second-order valence-corrected chi connectivity index (χ2v) is 13.0. The van der Waals surface area contributed by atoms with Gasteiger partial charge < -0.3 is 9.47 Å². The van der Waals surface area contributed by atoms with Crippen LogP contribution in [0.15, 0.2) is 47.4 Å². The molecule has 1 saturated heterocycles. The van der Waals surface area contributed by atoms with E-state index in [1.165, 1.54) is 46.8 Å². The fourth-order valence-corrected chi connectivity index (χ4v) is 7.20. The van der Waals surface area contributed by atoms with Gasteiger partial charge in [-0.2, -0.15) is 4.31 Å². The third-order valence-corrected chi connectivity index (χ3v) is 9.18. The van der Waals surface area contributed by atoms with Crippen molar-refractivity contribution in [2.45, 2.75) is 69.0 Å². The largest absolute Gasteiger partial charge is 0.459 e. The van der Waals surface area contributed by atoms with Crippen molar-refractivity contribution in [2.75, 3.05) is 33.4 Å². The van der Waals surface area contributed by atoms with Gasteiger partial charge >= 0.3 is 5.97 Å². The van der Waals surface area contributed by atoms with Crippen LogP contribution in [0.1, 0.15) is 43.9 Å². The molecule has 10 nitrogen and oxygen atoms in total. The van der Waals surface area contributed by atoms with Gasteiger partial charge in [-0.3, -0.25) is 19.8 Å². The van der Waals surface area contributed by atoms with E-state index in [1.807, 2.05) is 25.7 Å². The molecule has 39 heavy (non-hydrogen) atoms. The normalized spacial score (nSPS) is 19.4. The van der Waals surface area contributed by atoms with Crippen molar-refractivity contribution in [3.8, 4) is 0 Å². The van der Waals surface area contributed by atoms with E-state index in [9.17, 15) is 23.3 Å². The summed E-state index contributed by atoms with van der Waals surface area (Å²) in [4.78, 5) is 26.0. The highest BCUT2D eigenvalue weighted by Gasteiger charge is 2.42. The monoisotopic (exact) mass is 559 g/mol. The number of methoxy groups -OCH3 is 1. The molecular formula is C28H37N3O7S. The fraction of sp³-hybridized carbons (Fsp3) is 0.536. The van der Waals surface area contributed by atoms with E-state index < -0.39 is 38.3 Å². The van der Waals surface area contributed by atoms with Crippen molar-refractivity contribution in [3.05, 3.63) is 69.3 Å². The Morgan fingerprint density at radius 2 is 1.85 bits per heavy atom. The van der Waals surface area contributed by atoms with Gasteiger partial charge in [0.05, 0.1) is 17.6 Å². The first-order valence-corrected chi connectivity index (χ1v) is 14.7. The fourth-order valence-electron chi connectivity index (χ4n) is 5.45. The van der Waals surface area contributed by atoms with Gasteiger partial charge in [-0.1, -0.05) is 30.3 Å². The summed E-state index contributed by atoms with van der Waals surface area (Å²) in [5.41, 5.74) is 2.54. The lowest BCUT2D eigenvalue weighted by Crippen LogP contribution is -2.60. The van der Waals surface area contributed by atoms with E-state index in [1.54, 1.807) is 0 Å². The zero-order chi connectivity index (χ0) is 28.4. The molecule has 212 valence electrons. The molecule has 0 aromatic heterocycles. The number of hydrogen-bond acceptors (Lipinski definition) is 8. The zero-order valence-electron chi connectivity index (χ0n) is 23.0. The molecular weight excluding hydrogens is 522 g/mol. The van der Waals surface area contributed by atoms with Crippen LogP contribution in [0.25, 0.3) is 0 Å². The average molecular weight is 560 g/mol. The summed E-state index contributed by atoms with van der Waals surface area (Å²) in [6.45, 7) is 6.05. The molecule has 11 heteroatoms. The molecule has 1 aliphatic carbocycles. The predicted molar refractivity (Wildman–Crippen MR) is 146 cm³/mol. The van der Waals surface area contributed by atoms with Gasteiger partial charge in [-0.05, 0) is 69.2 Å². The van der Waals surface area contributed by atoms with E-state index in [4.69, 9.17) is 9.47 Å². The Kier molecular flexibility index (Phi) is 8.75. The maximum Gasteiger partial charge on any atom is 0.324 e. The number of aryl methyl sites for hydroxylation is 2. The molecule has 2 aromatic rings. The quantitative estimate of drug-likeness (QED) is 0.261. The van der Waals surface area contributed by atoms with Crippen molar-refractivity contribution < 1.29 is 27.6 Å². The van der Waals surface area contributed by atoms with Crippen molar-refractivity contribution in [2.24, 2.45) is 0 Å². The number of esters is 1. The first kappa shape index (κ1) is 29.1. The number of sulfonamides is 1. The standard InChI is InChI=1S/C28H37N3O7S/c1-28(2,3)38-27(32)25(17-20-12-13-21-8-7-9-22(21)16-20)29-14-15-30(23(18-29)19-37-4)39(35,36)26-11-6-5-10-24(26)31(33)34/h5-6,10-13,16,23,25H,7-9,14-15,17-19H2,1-4H3/t23-,25+/m1/s1. The van der Waals surface area contributed by atoms with Crippen molar-refractivity contribution >= 4 is 21.7 Å². The molecule has 0 radical (unpaired) electrons. The molecule has 4 rings (SSSR count). The minimum Gasteiger partial charge on any atom is -0.459 e. The maximum absolute atomic E-state index is 13.7. The number of nitrogens with zero attached hydrogens (tertiary/aromatic N) is 3. The molecule has 1 aliphatic heterocycles. The summed E-state index contributed by atoms with van der Waals surface area (Å²) in [7, 11) is -2.73. The number of piperazine rings is 1. The SMILES string of the molecule is COC[C@H]1CN([C@@H](Cc2ccc3c(c2)CCC3)C(=O)OC(C)(C)C)CCN1S(=O)(=O)c1ccccc1[N+](=O)[O-]. The van der Waals surface area contributed by atoms with Crippen LogP contribution in [0.3, 0.4) is 0 Å². The van der Waals surface area contributed by atoms with Crippen molar-refractivity contribution in [1.29, 1.82) is 0 Å². The molecule has 2 aliphatic rings. The van der Waals surface area contributed by atoms with E-state index in [0.717, 1.165) is 24.8 Å². The van der Waals surface area contributed by atoms with Gasteiger partial charge in [0.2, 0.25) is 10.0 Å². The molecule has 0 amide bonds. The van der Waals surface area contributed by atoms with Crippen LogP contribution in [0.5, 0.6) is 0 Å². The number of benzene rings is 2. The molecule has 1 fully saturated rings. The predicted octanol–water partition coefficient (Wildman–Crippen LogP) is 3.36. The summed E-state index contributed by atoms with van der Waals surface area (Å²) in [6, 6.07) is 10.4. The second-order valence-electron chi connectivity index (χ2n) is 11.2. The first-order chi connectivity index (χ1) is 18.4. The summed E-state index contributed by atoms with van der Waals surface area (Å²) in [5.74, 6) is -0.367. The van der Waals surface area contributed by atoms with Crippen molar-refractivity contribution in [3.63, 3.8) is 0 Å². The number of para-hydroxylation sites is 1. The highest BCUT2D eigenvalue weighted by atomic mass is 32.2. The van der Waals surface area contributed by atoms with E-state index in [-0.39, 0.29) is 37.1 Å². The van der Waals surface area contributed by atoms with E-state index >= 15 is 0 Å². The van der Waals surface area contributed by atoms with Crippen LogP contribution in [0, 0.1) is 10.1 Å². The van der Waals surface area contributed by atoms with E-state index in [0.29, 0.717) is 6.42 Å². The van der Waals surface area contributed by atoms with Gasteiger partial charge in [-0.25, -0.2) is 8.42 Å². The second kappa shape index (κ2) is 11.7. The lowest BCUT2D eigenvalue weighted by atomic mass is 9.99. The summed E-state index contributed by atoms with van der Waals surface area (Å²) >= 11 is 0. The molecule has 0 spiro atoms. The van der Waals surface area contributed by atoms with Gasteiger partial charge in [0.1, 0.15) is 11.6 Å².